The molecule has 1 aliphatic heterocycles. The van der Waals surface area contributed by atoms with Crippen LogP contribution in [0.1, 0.15) is 86.5 Å². The van der Waals surface area contributed by atoms with Gasteiger partial charge in [-0.1, -0.05) is 30.7 Å². The Balaban J connectivity index is 1.49. The molecule has 8 atom stereocenters. The summed E-state index contributed by atoms with van der Waals surface area (Å²) >= 11 is 0. The summed E-state index contributed by atoms with van der Waals surface area (Å²) < 4.78 is 16.0. The summed E-state index contributed by atoms with van der Waals surface area (Å²) in [5.74, 6) is 0.139. The molecule has 0 unspecified atom stereocenters. The predicted octanol–water partition coefficient (Wildman–Crippen LogP) is 4.92. The van der Waals surface area contributed by atoms with Crippen LogP contribution in [0.2, 0.25) is 0 Å². The van der Waals surface area contributed by atoms with Crippen LogP contribution in [0, 0.1) is 34.5 Å². The van der Waals surface area contributed by atoms with Crippen LogP contribution in [-0.2, 0) is 28.6 Å². The molecule has 3 fully saturated rings. The lowest BCUT2D eigenvalue weighted by molar-refractivity contribution is -0.149. The fraction of sp³-hybridized carbons (Fsp3) is 0.767. The average molecular weight is 558 g/mol. The molecule has 1 amide bonds. The molecule has 1 heterocycles. The Morgan fingerprint density at radius 2 is 1.85 bits per heavy atom. The van der Waals surface area contributed by atoms with Gasteiger partial charge in [0.2, 0.25) is 0 Å². The first kappa shape index (κ1) is 28.6. The molecule has 0 radical (unpaired) electrons. The third-order valence-corrected chi connectivity index (χ3v) is 10.8. The van der Waals surface area contributed by atoms with Gasteiger partial charge in [-0.05, 0) is 82.5 Å². The Morgan fingerprint density at radius 1 is 1.10 bits per heavy atom. The van der Waals surface area contributed by atoms with Crippen LogP contribution in [0.4, 0.5) is 4.79 Å². The van der Waals surface area contributed by atoms with Crippen molar-refractivity contribution in [1.82, 2.24) is 5.43 Å². The minimum absolute atomic E-state index is 0.0427. The molecule has 5 aliphatic rings. The van der Waals surface area contributed by atoms with Crippen molar-refractivity contribution in [3.8, 4) is 0 Å². The van der Waals surface area contributed by atoms with E-state index in [9.17, 15) is 14.4 Å². The molecule has 10 nitrogen and oxygen atoms in total. The number of nitrogens with zero attached hydrogens (tertiary/aromatic N) is 2. The topological polar surface area (TPSA) is 125 Å². The van der Waals surface area contributed by atoms with E-state index in [0.717, 1.165) is 44.9 Å². The van der Waals surface area contributed by atoms with E-state index in [2.05, 4.69) is 35.6 Å². The second kappa shape index (κ2) is 10.5. The van der Waals surface area contributed by atoms with Crippen LogP contribution in [0.25, 0.3) is 0 Å². The zero-order chi connectivity index (χ0) is 28.9. The molecule has 0 saturated heterocycles. The number of carbonyl (C=O) groups is 3. The third kappa shape index (κ3) is 4.24. The molecule has 0 aromatic heterocycles. The molecule has 0 aromatic carbocycles. The SMILES string of the molecule is CCOC(=O)N/N=C(\C)[C@@]12ON=C(C(=O)OCC)[C@@H]1C[C@@H]1[C@@H]3CC=C4C[C@@H](OC(C)=O)CC[C@]4(C)[C@@H]3CC[C@@]12C. The van der Waals surface area contributed by atoms with E-state index in [1.807, 2.05) is 6.92 Å². The first-order valence-electron chi connectivity index (χ1n) is 14.8. The van der Waals surface area contributed by atoms with Crippen LogP contribution in [0.3, 0.4) is 0 Å². The highest BCUT2D eigenvalue weighted by atomic mass is 16.7. The molecule has 10 heteroatoms. The number of oxime groups is 1. The molecule has 0 spiro atoms. The average Bonchev–Trinajstić information content (AvgIpc) is 3.41. The number of ether oxygens (including phenoxy) is 3. The molecule has 0 aromatic rings. The fourth-order valence-electron chi connectivity index (χ4n) is 9.15. The summed E-state index contributed by atoms with van der Waals surface area (Å²) in [4.78, 5) is 43.1. The highest BCUT2D eigenvalue weighted by molar-refractivity contribution is 6.38. The summed E-state index contributed by atoms with van der Waals surface area (Å²) in [5, 5.41) is 8.75. The number of rotatable bonds is 6. The highest BCUT2D eigenvalue weighted by Crippen LogP contribution is 2.70. The van der Waals surface area contributed by atoms with Gasteiger partial charge < -0.3 is 19.0 Å². The van der Waals surface area contributed by atoms with E-state index in [1.54, 1.807) is 13.8 Å². The van der Waals surface area contributed by atoms with E-state index in [1.165, 1.54) is 12.5 Å². The highest BCUT2D eigenvalue weighted by Gasteiger charge is 2.74. The first-order chi connectivity index (χ1) is 19.0. The van der Waals surface area contributed by atoms with E-state index in [0.29, 0.717) is 23.3 Å². The number of fused-ring (bicyclic) bond motifs is 7. The summed E-state index contributed by atoms with van der Waals surface area (Å²) in [5.41, 5.74) is 3.53. The van der Waals surface area contributed by atoms with Gasteiger partial charge in [0.25, 0.3) is 0 Å². The van der Waals surface area contributed by atoms with Crippen LogP contribution < -0.4 is 5.43 Å². The Bertz CT molecular complexity index is 1160. The second-order valence-electron chi connectivity index (χ2n) is 12.5. The number of hydrogen-bond donors (Lipinski definition) is 1. The molecule has 40 heavy (non-hydrogen) atoms. The number of amides is 1. The molecule has 5 rings (SSSR count). The molecule has 0 bridgehead atoms. The minimum Gasteiger partial charge on any atom is -0.462 e. The lowest BCUT2D eigenvalue weighted by Crippen LogP contribution is -2.59. The minimum atomic E-state index is -0.970. The Labute approximate surface area is 236 Å². The second-order valence-corrected chi connectivity index (χ2v) is 12.5. The Hall–Kier alpha value is -2.91. The van der Waals surface area contributed by atoms with Crippen molar-refractivity contribution in [3.63, 3.8) is 0 Å². The third-order valence-electron chi connectivity index (χ3n) is 10.8. The summed E-state index contributed by atoms with van der Waals surface area (Å²) in [6.07, 6.45) is 7.95. The molecule has 4 aliphatic carbocycles. The molecular weight excluding hydrogens is 514 g/mol. The van der Waals surface area contributed by atoms with E-state index in [-0.39, 0.29) is 48.0 Å². The van der Waals surface area contributed by atoms with Gasteiger partial charge in [0.05, 0.1) is 24.8 Å². The largest absolute Gasteiger partial charge is 0.462 e. The lowest BCUT2D eigenvalue weighted by Gasteiger charge is -2.58. The smallest absolute Gasteiger partial charge is 0.427 e. The molecular formula is C30H43N3O7. The fourth-order valence-corrected chi connectivity index (χ4v) is 9.15. The molecule has 220 valence electrons. The van der Waals surface area contributed by atoms with E-state index >= 15 is 0 Å². The van der Waals surface area contributed by atoms with E-state index in [4.69, 9.17) is 19.0 Å². The lowest BCUT2D eigenvalue weighted by atomic mass is 9.46. The maximum atomic E-state index is 13.0. The zero-order valence-electron chi connectivity index (χ0n) is 24.6. The number of hydrogen-bond acceptors (Lipinski definition) is 9. The standard InChI is InChI=1S/C30H43N3O7/c1-7-37-26(35)25-24-16-23-21-10-9-19-15-20(39-18(4)34)11-13-28(19,5)22(21)12-14-29(23,6)30(24,40-33-25)17(3)31-32-27(36)38-8-2/h9,20-24H,7-8,10-16H2,1-6H3,(H,32,36)/b31-17+/t20-,21+,22+,23+,24-,28-,29-,30+/m0/s1. The van der Waals surface area contributed by atoms with Gasteiger partial charge in [-0.2, -0.15) is 5.10 Å². The van der Waals surface area contributed by atoms with Gasteiger partial charge in [0.15, 0.2) is 11.3 Å². The van der Waals surface area contributed by atoms with Crippen molar-refractivity contribution in [2.75, 3.05) is 13.2 Å². The maximum Gasteiger partial charge on any atom is 0.427 e. The number of allylic oxidation sites excluding steroid dienone is 1. The Morgan fingerprint density at radius 3 is 2.55 bits per heavy atom. The van der Waals surface area contributed by atoms with Gasteiger partial charge in [-0.3, -0.25) is 4.79 Å². The summed E-state index contributed by atoms with van der Waals surface area (Å²) in [6, 6.07) is 0. The number of carbonyl (C=O) groups excluding carboxylic acids is 3. The van der Waals surface area contributed by atoms with Crippen LogP contribution in [0.5, 0.6) is 0 Å². The van der Waals surface area contributed by atoms with Gasteiger partial charge in [-0.15, -0.1) is 0 Å². The number of nitrogens with one attached hydrogen (secondary N) is 1. The van der Waals surface area contributed by atoms with Crippen LogP contribution in [-0.4, -0.2) is 54.4 Å². The van der Waals surface area contributed by atoms with E-state index < -0.39 is 17.7 Å². The van der Waals surface area contributed by atoms with Crippen molar-refractivity contribution in [3.05, 3.63) is 11.6 Å². The van der Waals surface area contributed by atoms with Crippen LogP contribution in [0.15, 0.2) is 21.9 Å². The maximum absolute atomic E-state index is 13.0. The first-order valence-corrected chi connectivity index (χ1v) is 14.8. The van der Waals surface area contributed by atoms with Crippen molar-refractivity contribution >= 4 is 29.5 Å². The number of esters is 2. The normalized spacial score (nSPS) is 39.8. The van der Waals surface area contributed by atoms with Crippen molar-refractivity contribution in [2.45, 2.75) is 98.2 Å². The van der Waals surface area contributed by atoms with Gasteiger partial charge in [-0.25, -0.2) is 15.0 Å². The van der Waals surface area contributed by atoms with Crippen molar-refractivity contribution < 1.29 is 33.4 Å². The Kier molecular flexibility index (Phi) is 7.50. The van der Waals surface area contributed by atoms with Gasteiger partial charge in [0, 0.05) is 18.8 Å². The van der Waals surface area contributed by atoms with Crippen molar-refractivity contribution in [2.24, 2.45) is 44.8 Å². The van der Waals surface area contributed by atoms with Gasteiger partial charge in [0.1, 0.15) is 6.10 Å². The summed E-state index contributed by atoms with van der Waals surface area (Å²) in [6.45, 7) is 12.0. The predicted molar refractivity (Wildman–Crippen MR) is 147 cm³/mol. The van der Waals surface area contributed by atoms with Gasteiger partial charge >= 0.3 is 18.0 Å². The number of hydrazone groups is 1. The zero-order valence-corrected chi connectivity index (χ0v) is 24.6. The molecule has 1 N–H and O–H groups in total. The monoisotopic (exact) mass is 557 g/mol. The van der Waals surface area contributed by atoms with Crippen molar-refractivity contribution in [1.29, 1.82) is 0 Å². The van der Waals surface area contributed by atoms with Crippen LogP contribution >= 0.6 is 0 Å². The molecule has 3 saturated carbocycles. The quantitative estimate of drug-likeness (QED) is 0.162. The summed E-state index contributed by atoms with van der Waals surface area (Å²) in [7, 11) is 0.